The first kappa shape index (κ1) is 27.3. The van der Waals surface area contributed by atoms with Gasteiger partial charge in [-0.15, -0.1) is 0 Å². The number of carbonyl (C=O) groups excluding carboxylic acids is 2. The number of piperazine rings is 1. The second-order valence-corrected chi connectivity index (χ2v) is 9.72. The maximum absolute atomic E-state index is 14.2. The number of carbonyl (C=O) groups is 2. The average Bonchev–Trinajstić information content (AvgIpc) is 3.81. The van der Waals surface area contributed by atoms with Gasteiger partial charge in [-0.05, 0) is 54.8 Å². The zero-order valence-electron chi connectivity index (χ0n) is 22.1. The van der Waals surface area contributed by atoms with Gasteiger partial charge in [0.2, 0.25) is 5.91 Å². The molecular weight excluding hydrogens is 516 g/mol. The third-order valence-electron chi connectivity index (χ3n) is 6.99. The zero-order valence-corrected chi connectivity index (χ0v) is 22.1. The molecule has 0 bridgehead atoms. The maximum atomic E-state index is 14.2. The molecule has 2 fully saturated rings. The van der Waals surface area contributed by atoms with Crippen molar-refractivity contribution in [3.8, 4) is 17.2 Å². The molecule has 3 aromatic rings. The van der Waals surface area contributed by atoms with Gasteiger partial charge >= 0.3 is 6.09 Å². The monoisotopic (exact) mass is 548 g/mol. The molecule has 1 saturated heterocycles. The summed E-state index contributed by atoms with van der Waals surface area (Å²) in [5, 5.41) is 17.4. The molecule has 5 rings (SSSR count). The lowest BCUT2D eigenvalue weighted by Crippen LogP contribution is -2.61. The summed E-state index contributed by atoms with van der Waals surface area (Å²) in [5.41, 5.74) is 1.92. The molecule has 11 heteroatoms. The Morgan fingerprint density at radius 1 is 0.900 bits per heavy atom. The number of rotatable bonds is 9. The molecule has 2 aliphatic rings. The molecule has 3 aromatic carbocycles. The molecule has 0 unspecified atom stereocenters. The minimum atomic E-state index is -0.619. The lowest BCUT2D eigenvalue weighted by Gasteiger charge is -2.43. The summed E-state index contributed by atoms with van der Waals surface area (Å²) >= 11 is 0. The maximum Gasteiger partial charge on any atom is 0.415 e. The smallest absolute Gasteiger partial charge is 0.415 e. The standard InChI is InChI=1S/C29H32N4O7/c1-38-24-14-12-22(13-15-24)31-17-16-30(29(35)39-25-8-5-9-26(18-25)40-33(36)37)20-27(31)28(34)32(23-10-11-23)19-21-6-3-2-4-7-21/h2-9,12-15,18,23,27,36-37H,10-11,16-17,19-20H2,1H3/t27-/m1/s1. The van der Waals surface area contributed by atoms with E-state index in [9.17, 15) is 9.59 Å². The van der Waals surface area contributed by atoms with Gasteiger partial charge in [0.15, 0.2) is 5.75 Å². The molecule has 0 radical (unpaired) electrons. The molecule has 0 spiro atoms. The molecular formula is C29H32N4O7. The number of anilines is 1. The van der Waals surface area contributed by atoms with Crippen molar-refractivity contribution in [2.24, 2.45) is 0 Å². The molecule has 1 atom stereocenters. The van der Waals surface area contributed by atoms with Crippen molar-refractivity contribution in [2.45, 2.75) is 31.5 Å². The fraction of sp³-hybridized carbons (Fsp3) is 0.310. The van der Waals surface area contributed by atoms with E-state index in [4.69, 9.17) is 19.9 Å². The largest absolute Gasteiger partial charge is 0.497 e. The van der Waals surface area contributed by atoms with Crippen LogP contribution < -0.4 is 19.2 Å². The van der Waals surface area contributed by atoms with Gasteiger partial charge in [-0.25, -0.2) is 4.79 Å². The van der Waals surface area contributed by atoms with Gasteiger partial charge in [0.05, 0.1) is 13.7 Å². The van der Waals surface area contributed by atoms with Crippen LogP contribution in [0.15, 0.2) is 78.9 Å². The SMILES string of the molecule is COc1ccc(N2CCN(C(=O)Oc3cccc(ON(O)O)c3)C[C@@H]2C(=O)N(Cc2ccccc2)C2CC2)cc1. The van der Waals surface area contributed by atoms with Crippen molar-refractivity contribution in [3.63, 3.8) is 0 Å². The molecule has 1 aliphatic heterocycles. The molecule has 0 aromatic heterocycles. The van der Waals surface area contributed by atoms with Gasteiger partial charge in [-0.1, -0.05) is 36.4 Å². The number of hydrogen-bond acceptors (Lipinski definition) is 9. The van der Waals surface area contributed by atoms with Gasteiger partial charge in [0.25, 0.3) is 0 Å². The van der Waals surface area contributed by atoms with Crippen LogP contribution in [-0.4, -0.2) is 76.4 Å². The molecule has 40 heavy (non-hydrogen) atoms. The van der Waals surface area contributed by atoms with Crippen LogP contribution in [-0.2, 0) is 11.3 Å². The number of methoxy groups -OCH3 is 1. The quantitative estimate of drug-likeness (QED) is 0.384. The second-order valence-electron chi connectivity index (χ2n) is 9.72. The van der Waals surface area contributed by atoms with E-state index in [1.54, 1.807) is 19.2 Å². The first-order valence-electron chi connectivity index (χ1n) is 13.1. The van der Waals surface area contributed by atoms with Crippen molar-refractivity contribution in [2.75, 3.05) is 31.6 Å². The topological polar surface area (TPSA) is 115 Å². The van der Waals surface area contributed by atoms with E-state index in [-0.39, 0.29) is 30.0 Å². The number of amides is 2. The van der Waals surface area contributed by atoms with Crippen LogP contribution in [0.4, 0.5) is 10.5 Å². The van der Waals surface area contributed by atoms with Gasteiger partial charge < -0.3 is 29.0 Å². The number of nitrogens with zero attached hydrogens (tertiary/aromatic N) is 4. The Bertz CT molecular complexity index is 1300. The summed E-state index contributed by atoms with van der Waals surface area (Å²) in [4.78, 5) is 37.6. The van der Waals surface area contributed by atoms with Crippen LogP contribution in [0.5, 0.6) is 17.2 Å². The average molecular weight is 549 g/mol. The second kappa shape index (κ2) is 12.2. The third-order valence-corrected chi connectivity index (χ3v) is 6.99. The lowest BCUT2D eigenvalue weighted by atomic mass is 10.1. The van der Waals surface area contributed by atoms with Crippen LogP contribution in [0.3, 0.4) is 0 Å². The Balaban J connectivity index is 1.37. The Morgan fingerprint density at radius 3 is 2.30 bits per heavy atom. The van der Waals surface area contributed by atoms with Crippen LogP contribution >= 0.6 is 0 Å². The number of benzene rings is 3. The van der Waals surface area contributed by atoms with Gasteiger partial charge in [-0.2, -0.15) is 0 Å². The van der Waals surface area contributed by atoms with E-state index < -0.39 is 17.5 Å². The Morgan fingerprint density at radius 2 is 1.62 bits per heavy atom. The summed E-state index contributed by atoms with van der Waals surface area (Å²) in [6.07, 6.45) is 1.30. The summed E-state index contributed by atoms with van der Waals surface area (Å²) in [6.45, 7) is 1.41. The fourth-order valence-electron chi connectivity index (χ4n) is 4.84. The summed E-state index contributed by atoms with van der Waals surface area (Å²) in [6, 6.07) is 22.9. The van der Waals surface area contributed by atoms with Crippen LogP contribution in [0.2, 0.25) is 0 Å². The minimum Gasteiger partial charge on any atom is -0.497 e. The fourth-order valence-corrected chi connectivity index (χ4v) is 4.84. The van der Waals surface area contributed by atoms with Crippen molar-refractivity contribution in [3.05, 3.63) is 84.4 Å². The predicted molar refractivity (Wildman–Crippen MR) is 144 cm³/mol. The first-order chi connectivity index (χ1) is 19.4. The van der Waals surface area contributed by atoms with E-state index in [1.807, 2.05) is 64.4 Å². The summed E-state index contributed by atoms with van der Waals surface area (Å²) in [5.74, 6) is 0.900. The molecule has 1 heterocycles. The van der Waals surface area contributed by atoms with E-state index >= 15 is 0 Å². The van der Waals surface area contributed by atoms with Crippen LogP contribution in [0.25, 0.3) is 0 Å². The van der Waals surface area contributed by atoms with Crippen molar-refractivity contribution >= 4 is 17.7 Å². The molecule has 1 aliphatic carbocycles. The highest BCUT2D eigenvalue weighted by Gasteiger charge is 2.41. The van der Waals surface area contributed by atoms with Gasteiger partial charge in [0, 0.05) is 37.4 Å². The van der Waals surface area contributed by atoms with Crippen LogP contribution in [0.1, 0.15) is 18.4 Å². The highest BCUT2D eigenvalue weighted by molar-refractivity contribution is 5.87. The predicted octanol–water partition coefficient (Wildman–Crippen LogP) is 3.95. The van der Waals surface area contributed by atoms with Crippen molar-refractivity contribution in [1.82, 2.24) is 15.2 Å². The van der Waals surface area contributed by atoms with E-state index in [0.717, 1.165) is 24.1 Å². The Labute approximate surface area is 232 Å². The summed E-state index contributed by atoms with van der Waals surface area (Å²) < 4.78 is 10.9. The molecule has 1 saturated carbocycles. The van der Waals surface area contributed by atoms with Gasteiger partial charge in [-0.3, -0.25) is 15.2 Å². The minimum absolute atomic E-state index is 0.0407. The van der Waals surface area contributed by atoms with Gasteiger partial charge in [0.1, 0.15) is 22.9 Å². The van der Waals surface area contributed by atoms with Crippen molar-refractivity contribution < 1.29 is 34.3 Å². The lowest BCUT2D eigenvalue weighted by molar-refractivity contribution is -0.451. The van der Waals surface area contributed by atoms with E-state index in [1.165, 1.54) is 17.0 Å². The highest BCUT2D eigenvalue weighted by atomic mass is 17.1. The van der Waals surface area contributed by atoms with E-state index in [2.05, 4.69) is 4.84 Å². The molecule has 2 amide bonds. The third kappa shape index (κ3) is 6.63. The zero-order chi connectivity index (χ0) is 28.1. The Hall–Kier alpha value is -4.32. The Kier molecular flexibility index (Phi) is 8.34. The first-order valence-corrected chi connectivity index (χ1v) is 13.1. The normalized spacial score (nSPS) is 16.9. The number of ether oxygens (including phenoxy) is 2. The molecule has 210 valence electrons. The highest BCUT2D eigenvalue weighted by Crippen LogP contribution is 2.32. The van der Waals surface area contributed by atoms with E-state index in [0.29, 0.717) is 25.4 Å². The summed E-state index contributed by atoms with van der Waals surface area (Å²) in [7, 11) is 1.61. The molecule has 11 nitrogen and oxygen atoms in total. The molecule has 2 N–H and O–H groups in total. The number of hydrogen-bond donors (Lipinski definition) is 2. The van der Waals surface area contributed by atoms with Crippen LogP contribution in [0, 0.1) is 0 Å². The van der Waals surface area contributed by atoms with Crippen molar-refractivity contribution in [1.29, 1.82) is 0 Å².